The van der Waals surface area contributed by atoms with Crippen LogP contribution in [0.25, 0.3) is 0 Å². The highest BCUT2D eigenvalue weighted by molar-refractivity contribution is 5.76. The molecular weight excluding hydrogens is 474 g/mol. The number of carbonyl (C=O) groups excluding carboxylic acids is 1. The molecular formula is C32H43N3O3. The Balaban J connectivity index is 1.42. The van der Waals surface area contributed by atoms with Gasteiger partial charge in [-0.15, -0.1) is 0 Å². The van der Waals surface area contributed by atoms with E-state index in [2.05, 4.69) is 41.5 Å². The Morgan fingerprint density at radius 1 is 1.00 bits per heavy atom. The summed E-state index contributed by atoms with van der Waals surface area (Å²) in [4.78, 5) is 17.8. The average Bonchev–Trinajstić information content (AvgIpc) is 3.20. The second-order valence-corrected chi connectivity index (χ2v) is 10.8. The molecule has 0 aliphatic carbocycles. The van der Waals surface area contributed by atoms with Crippen LogP contribution in [0, 0.1) is 19.3 Å². The minimum atomic E-state index is -0.177. The van der Waals surface area contributed by atoms with Crippen LogP contribution in [0.1, 0.15) is 41.8 Å². The molecule has 6 nitrogen and oxygen atoms in total. The lowest BCUT2D eigenvalue weighted by Gasteiger charge is -2.42. The highest BCUT2D eigenvalue weighted by Gasteiger charge is 2.38. The molecule has 3 aromatic rings. The molecule has 0 atom stereocenters. The van der Waals surface area contributed by atoms with Gasteiger partial charge >= 0.3 is 0 Å². The van der Waals surface area contributed by atoms with Crippen LogP contribution in [-0.4, -0.2) is 60.7 Å². The first-order valence-corrected chi connectivity index (χ1v) is 13.7. The van der Waals surface area contributed by atoms with Crippen LogP contribution >= 0.6 is 0 Å². The fourth-order valence-corrected chi connectivity index (χ4v) is 5.51. The van der Waals surface area contributed by atoms with Crippen LogP contribution in [0.2, 0.25) is 0 Å². The van der Waals surface area contributed by atoms with Crippen molar-refractivity contribution in [2.24, 2.45) is 5.41 Å². The molecule has 0 bridgehead atoms. The van der Waals surface area contributed by atoms with Gasteiger partial charge in [0, 0.05) is 57.0 Å². The molecule has 0 spiro atoms. The second kappa shape index (κ2) is 13.1. The molecule has 38 heavy (non-hydrogen) atoms. The van der Waals surface area contributed by atoms with Crippen LogP contribution in [0.3, 0.4) is 0 Å². The number of hydrogen-bond acceptors (Lipinski definition) is 4. The smallest absolute Gasteiger partial charge is 0.223 e. The molecule has 204 valence electrons. The van der Waals surface area contributed by atoms with Crippen molar-refractivity contribution < 1.29 is 14.3 Å². The zero-order valence-corrected chi connectivity index (χ0v) is 23.5. The molecule has 0 unspecified atom stereocenters. The van der Waals surface area contributed by atoms with Gasteiger partial charge < -0.3 is 18.9 Å². The quantitative estimate of drug-likeness (QED) is 0.320. The summed E-state index contributed by atoms with van der Waals surface area (Å²) in [7, 11) is 3.66. The average molecular weight is 518 g/mol. The summed E-state index contributed by atoms with van der Waals surface area (Å²) < 4.78 is 13.9. The second-order valence-electron chi connectivity index (χ2n) is 10.8. The number of hydrogen-bond donors (Lipinski definition) is 0. The number of methoxy groups -OCH3 is 1. The van der Waals surface area contributed by atoms with Crippen molar-refractivity contribution in [1.29, 1.82) is 0 Å². The maximum atomic E-state index is 13.4. The van der Waals surface area contributed by atoms with E-state index in [1.165, 1.54) is 17.0 Å². The van der Waals surface area contributed by atoms with Crippen LogP contribution in [0.4, 0.5) is 0 Å². The van der Waals surface area contributed by atoms with E-state index in [1.54, 1.807) is 7.11 Å². The number of para-hydroxylation sites is 1. The molecule has 1 saturated heterocycles. The Morgan fingerprint density at radius 2 is 1.66 bits per heavy atom. The molecule has 1 aliphatic heterocycles. The molecule has 2 aromatic carbocycles. The van der Waals surface area contributed by atoms with Gasteiger partial charge in [-0.1, -0.05) is 48.5 Å². The number of nitrogens with zero attached hydrogens (tertiary/aromatic N) is 3. The Kier molecular flexibility index (Phi) is 9.64. The molecule has 1 aliphatic rings. The lowest BCUT2D eigenvalue weighted by Crippen LogP contribution is -2.45. The van der Waals surface area contributed by atoms with Gasteiger partial charge in [-0.25, -0.2) is 0 Å². The van der Waals surface area contributed by atoms with Crippen molar-refractivity contribution in [1.82, 2.24) is 14.4 Å². The minimum absolute atomic E-state index is 0.177. The summed E-state index contributed by atoms with van der Waals surface area (Å²) in [6.07, 6.45) is 2.38. The van der Waals surface area contributed by atoms with E-state index in [0.717, 1.165) is 56.9 Å². The SMILES string of the molecule is COCCn1c(C)cc(CN2CCC(COc3ccccc3)(CC(=O)N(C)Cc3ccccc3)CC2)c1C. The summed E-state index contributed by atoms with van der Waals surface area (Å²) in [5.41, 5.74) is 4.95. The molecule has 2 heterocycles. The summed E-state index contributed by atoms with van der Waals surface area (Å²) >= 11 is 0. The largest absolute Gasteiger partial charge is 0.493 e. The first-order chi connectivity index (χ1) is 18.4. The van der Waals surface area contributed by atoms with Gasteiger partial charge in [0.15, 0.2) is 0 Å². The Morgan fingerprint density at radius 3 is 2.32 bits per heavy atom. The molecule has 0 radical (unpaired) electrons. The predicted molar refractivity (Wildman–Crippen MR) is 152 cm³/mol. The van der Waals surface area contributed by atoms with E-state index in [9.17, 15) is 4.79 Å². The van der Waals surface area contributed by atoms with Crippen LogP contribution in [0.15, 0.2) is 66.7 Å². The summed E-state index contributed by atoms with van der Waals surface area (Å²) in [5.74, 6) is 1.04. The Bertz CT molecular complexity index is 1150. The predicted octanol–water partition coefficient (Wildman–Crippen LogP) is 5.46. The molecule has 6 heteroatoms. The van der Waals surface area contributed by atoms with Crippen LogP contribution in [-0.2, 0) is 29.2 Å². The fourth-order valence-electron chi connectivity index (χ4n) is 5.51. The number of likely N-dealkylation sites (tertiary alicyclic amines) is 1. The number of piperidine rings is 1. The lowest BCUT2D eigenvalue weighted by atomic mass is 9.75. The van der Waals surface area contributed by atoms with E-state index in [1.807, 2.05) is 60.5 Å². The zero-order chi connectivity index (χ0) is 27.0. The van der Waals surface area contributed by atoms with E-state index in [4.69, 9.17) is 9.47 Å². The molecule has 1 fully saturated rings. The molecule has 4 rings (SSSR count). The van der Waals surface area contributed by atoms with E-state index in [-0.39, 0.29) is 11.3 Å². The van der Waals surface area contributed by atoms with Crippen molar-refractivity contribution in [3.05, 3.63) is 89.2 Å². The van der Waals surface area contributed by atoms with Gasteiger partial charge in [-0.2, -0.15) is 0 Å². The molecule has 0 saturated carbocycles. The third kappa shape index (κ3) is 7.27. The minimum Gasteiger partial charge on any atom is -0.493 e. The number of aromatic nitrogens is 1. The zero-order valence-electron chi connectivity index (χ0n) is 23.5. The van der Waals surface area contributed by atoms with Gasteiger partial charge in [0.25, 0.3) is 0 Å². The van der Waals surface area contributed by atoms with E-state index < -0.39 is 0 Å². The first-order valence-electron chi connectivity index (χ1n) is 13.7. The van der Waals surface area contributed by atoms with Crippen molar-refractivity contribution in [3.63, 3.8) is 0 Å². The Labute approximate surface area is 228 Å². The molecule has 1 aromatic heterocycles. The monoisotopic (exact) mass is 517 g/mol. The van der Waals surface area contributed by atoms with Gasteiger partial charge in [0.1, 0.15) is 5.75 Å². The maximum absolute atomic E-state index is 13.4. The Hall–Kier alpha value is -3.09. The van der Waals surface area contributed by atoms with Crippen molar-refractivity contribution in [2.45, 2.75) is 52.7 Å². The number of benzene rings is 2. The lowest BCUT2D eigenvalue weighted by molar-refractivity contribution is -0.134. The highest BCUT2D eigenvalue weighted by Crippen LogP contribution is 2.37. The van der Waals surface area contributed by atoms with Crippen molar-refractivity contribution in [2.75, 3.05) is 40.5 Å². The van der Waals surface area contributed by atoms with E-state index >= 15 is 0 Å². The number of ether oxygens (including phenoxy) is 2. The number of amides is 1. The van der Waals surface area contributed by atoms with Gasteiger partial charge in [-0.05, 0) is 69.1 Å². The number of rotatable bonds is 12. The summed E-state index contributed by atoms with van der Waals surface area (Å²) in [5, 5.41) is 0. The van der Waals surface area contributed by atoms with Crippen LogP contribution < -0.4 is 4.74 Å². The molecule has 0 N–H and O–H groups in total. The number of aryl methyl sites for hydroxylation is 1. The normalized spacial score (nSPS) is 15.4. The highest BCUT2D eigenvalue weighted by atomic mass is 16.5. The van der Waals surface area contributed by atoms with Gasteiger partial charge in [0.2, 0.25) is 5.91 Å². The van der Waals surface area contributed by atoms with Crippen molar-refractivity contribution in [3.8, 4) is 5.75 Å². The molecule has 1 amide bonds. The third-order valence-electron chi connectivity index (χ3n) is 8.01. The van der Waals surface area contributed by atoms with E-state index in [0.29, 0.717) is 19.6 Å². The topological polar surface area (TPSA) is 46.9 Å². The standard InChI is InChI=1S/C32H43N3O3/c1-26-21-29(27(2)35(26)19-20-37-4)24-34-17-15-32(16-18-34,25-38-30-13-9-6-10-14-30)22-31(36)33(3)23-28-11-7-5-8-12-28/h5-14,21H,15-20,22-25H2,1-4H3. The summed E-state index contributed by atoms with van der Waals surface area (Å²) in [6, 6.07) is 22.5. The fraction of sp³-hybridized carbons (Fsp3) is 0.469. The third-order valence-corrected chi connectivity index (χ3v) is 8.01. The van der Waals surface area contributed by atoms with Gasteiger partial charge in [0.05, 0.1) is 13.2 Å². The first kappa shape index (κ1) is 27.9. The summed E-state index contributed by atoms with van der Waals surface area (Å²) in [6.45, 7) is 10.0. The number of carbonyl (C=O) groups is 1. The maximum Gasteiger partial charge on any atom is 0.223 e. The van der Waals surface area contributed by atoms with Crippen molar-refractivity contribution >= 4 is 5.91 Å². The van der Waals surface area contributed by atoms with Crippen LogP contribution in [0.5, 0.6) is 5.75 Å². The van der Waals surface area contributed by atoms with Gasteiger partial charge in [-0.3, -0.25) is 9.69 Å².